The van der Waals surface area contributed by atoms with Gasteiger partial charge in [0.05, 0.1) is 0 Å². The zero-order chi connectivity index (χ0) is 17.7. The Morgan fingerprint density at radius 3 is 2.60 bits per heavy atom. The molecule has 5 nitrogen and oxygen atoms in total. The minimum Gasteiger partial charge on any atom is -0.489 e. The lowest BCUT2D eigenvalue weighted by Crippen LogP contribution is -2.54. The fourth-order valence-corrected chi connectivity index (χ4v) is 2.86. The van der Waals surface area contributed by atoms with Crippen molar-refractivity contribution in [1.82, 2.24) is 0 Å². The monoisotopic (exact) mass is 340 g/mol. The predicted molar refractivity (Wildman–Crippen MR) is 97.6 cm³/mol. The van der Waals surface area contributed by atoms with Gasteiger partial charge in [-0.1, -0.05) is 30.3 Å². The normalized spacial score (nSPS) is 16.2. The number of carbonyl (C=O) groups is 1. The third-order valence-electron chi connectivity index (χ3n) is 4.67. The van der Waals surface area contributed by atoms with Crippen LogP contribution in [0.4, 0.5) is 5.69 Å². The fraction of sp³-hybridized carbons (Fsp3) is 0.350. The van der Waals surface area contributed by atoms with E-state index in [1.54, 1.807) is 0 Å². The summed E-state index contributed by atoms with van der Waals surface area (Å²) in [6, 6.07) is 15.5. The van der Waals surface area contributed by atoms with E-state index in [1.165, 1.54) is 0 Å². The van der Waals surface area contributed by atoms with Crippen molar-refractivity contribution in [3.63, 3.8) is 0 Å². The van der Waals surface area contributed by atoms with Gasteiger partial charge in [0, 0.05) is 18.9 Å². The van der Waals surface area contributed by atoms with Gasteiger partial charge in [-0.15, -0.1) is 0 Å². The van der Waals surface area contributed by atoms with Crippen molar-refractivity contribution in [1.29, 1.82) is 0 Å². The molecule has 1 saturated heterocycles. The highest BCUT2D eigenvalue weighted by Crippen LogP contribution is 2.24. The van der Waals surface area contributed by atoms with E-state index in [0.717, 1.165) is 22.6 Å². The van der Waals surface area contributed by atoms with Crippen molar-refractivity contribution in [2.24, 2.45) is 5.73 Å². The molecule has 0 spiro atoms. The molecule has 0 bridgehead atoms. The lowest BCUT2D eigenvalue weighted by Gasteiger charge is -2.32. The van der Waals surface area contributed by atoms with Gasteiger partial charge in [-0.3, -0.25) is 4.79 Å². The maximum absolute atomic E-state index is 12.6. The Labute approximate surface area is 148 Å². The van der Waals surface area contributed by atoms with E-state index in [-0.39, 0.29) is 5.91 Å². The minimum atomic E-state index is -0.860. The molecule has 2 aromatic rings. The van der Waals surface area contributed by atoms with Crippen molar-refractivity contribution in [3.8, 4) is 5.75 Å². The number of hydrogen-bond donors (Lipinski definition) is 2. The summed E-state index contributed by atoms with van der Waals surface area (Å²) in [4.78, 5) is 12.6. The van der Waals surface area contributed by atoms with E-state index in [2.05, 4.69) is 5.32 Å². The molecule has 1 amide bonds. The molecule has 0 unspecified atom stereocenters. The topological polar surface area (TPSA) is 73.6 Å². The van der Waals surface area contributed by atoms with Crippen LogP contribution < -0.4 is 15.8 Å². The number of para-hydroxylation sites is 1. The first kappa shape index (κ1) is 17.5. The summed E-state index contributed by atoms with van der Waals surface area (Å²) in [5.74, 6) is 0.666. The molecule has 0 aromatic heterocycles. The molecule has 1 aliphatic heterocycles. The molecule has 2 aromatic carbocycles. The number of hydrogen-bond acceptors (Lipinski definition) is 4. The first-order chi connectivity index (χ1) is 12.1. The largest absolute Gasteiger partial charge is 0.489 e. The van der Waals surface area contributed by atoms with Crippen molar-refractivity contribution >= 4 is 11.6 Å². The highest BCUT2D eigenvalue weighted by atomic mass is 16.5. The molecule has 3 rings (SSSR count). The summed E-state index contributed by atoms with van der Waals surface area (Å²) in [5.41, 5.74) is 8.19. The lowest BCUT2D eigenvalue weighted by molar-refractivity contribution is -0.124. The number of benzene rings is 2. The van der Waals surface area contributed by atoms with Crippen molar-refractivity contribution in [2.45, 2.75) is 31.9 Å². The Kier molecular flexibility index (Phi) is 5.36. The first-order valence-electron chi connectivity index (χ1n) is 8.53. The first-order valence-corrected chi connectivity index (χ1v) is 8.53. The van der Waals surface area contributed by atoms with Crippen LogP contribution in [0, 0.1) is 6.92 Å². The Morgan fingerprint density at radius 1 is 1.16 bits per heavy atom. The van der Waals surface area contributed by atoms with E-state index in [4.69, 9.17) is 15.2 Å². The Balaban J connectivity index is 1.69. The maximum Gasteiger partial charge on any atom is 0.244 e. The van der Waals surface area contributed by atoms with E-state index in [9.17, 15) is 4.79 Å². The number of rotatable bonds is 5. The van der Waals surface area contributed by atoms with Crippen molar-refractivity contribution in [3.05, 3.63) is 59.7 Å². The molecule has 132 valence electrons. The van der Waals surface area contributed by atoms with Gasteiger partial charge in [-0.2, -0.15) is 0 Å². The van der Waals surface area contributed by atoms with Crippen LogP contribution in [0.5, 0.6) is 5.75 Å². The van der Waals surface area contributed by atoms with Gasteiger partial charge in [-0.05, 0) is 49.1 Å². The standard InChI is InChI=1S/C20H24N2O3/c1-15-16(14-25-17-7-3-2-4-8-17)6-5-9-18(15)22-19(23)20(21)10-12-24-13-11-20/h2-9H,10-14,21H2,1H3,(H,22,23). The number of anilines is 1. The van der Waals surface area contributed by atoms with E-state index in [0.29, 0.717) is 32.7 Å². The molecule has 1 aliphatic rings. The average Bonchev–Trinajstić information content (AvgIpc) is 2.64. The molecule has 3 N–H and O–H groups in total. The molecule has 0 saturated carbocycles. The molecule has 0 radical (unpaired) electrons. The highest BCUT2D eigenvalue weighted by Gasteiger charge is 2.36. The number of nitrogens with one attached hydrogen (secondary N) is 1. The van der Waals surface area contributed by atoms with Gasteiger partial charge in [0.25, 0.3) is 0 Å². The van der Waals surface area contributed by atoms with Gasteiger partial charge < -0.3 is 20.5 Å². The summed E-state index contributed by atoms with van der Waals surface area (Å²) in [5, 5.41) is 2.98. The van der Waals surface area contributed by atoms with E-state index >= 15 is 0 Å². The SMILES string of the molecule is Cc1c(COc2ccccc2)cccc1NC(=O)C1(N)CCOCC1. The van der Waals surface area contributed by atoms with Crippen LogP contribution in [-0.4, -0.2) is 24.7 Å². The molecule has 25 heavy (non-hydrogen) atoms. The number of nitrogens with two attached hydrogens (primary N) is 1. The van der Waals surface area contributed by atoms with Crippen molar-refractivity contribution in [2.75, 3.05) is 18.5 Å². The summed E-state index contributed by atoms with van der Waals surface area (Å²) >= 11 is 0. The van der Waals surface area contributed by atoms with Crippen LogP contribution in [0.15, 0.2) is 48.5 Å². The van der Waals surface area contributed by atoms with E-state index < -0.39 is 5.54 Å². The van der Waals surface area contributed by atoms with Gasteiger partial charge in [0.1, 0.15) is 17.9 Å². The summed E-state index contributed by atoms with van der Waals surface area (Å²) in [6.07, 6.45) is 1.07. The fourth-order valence-electron chi connectivity index (χ4n) is 2.86. The second-order valence-electron chi connectivity index (χ2n) is 6.41. The Bertz CT molecular complexity index is 725. The molecule has 0 aliphatic carbocycles. The second kappa shape index (κ2) is 7.68. The molecular weight excluding hydrogens is 316 g/mol. The molecule has 1 heterocycles. The summed E-state index contributed by atoms with van der Waals surface area (Å²) in [6.45, 7) is 3.47. The predicted octanol–water partition coefficient (Wildman–Crippen LogP) is 3.02. The van der Waals surface area contributed by atoms with Crippen molar-refractivity contribution < 1.29 is 14.3 Å². The highest BCUT2D eigenvalue weighted by molar-refractivity contribution is 5.98. The molecule has 1 fully saturated rings. The van der Waals surface area contributed by atoms with Crippen LogP contribution in [0.2, 0.25) is 0 Å². The summed E-state index contributed by atoms with van der Waals surface area (Å²) < 4.78 is 11.1. The number of ether oxygens (including phenoxy) is 2. The number of amides is 1. The molecular formula is C20H24N2O3. The zero-order valence-electron chi connectivity index (χ0n) is 14.5. The number of carbonyl (C=O) groups excluding carboxylic acids is 1. The Hall–Kier alpha value is -2.37. The van der Waals surface area contributed by atoms with Gasteiger partial charge in [0.15, 0.2) is 0 Å². The van der Waals surface area contributed by atoms with Crippen LogP contribution >= 0.6 is 0 Å². The summed E-state index contributed by atoms with van der Waals surface area (Å²) in [7, 11) is 0. The average molecular weight is 340 g/mol. The Morgan fingerprint density at radius 2 is 1.88 bits per heavy atom. The zero-order valence-corrected chi connectivity index (χ0v) is 14.5. The second-order valence-corrected chi connectivity index (χ2v) is 6.41. The molecule has 5 heteroatoms. The van der Waals surface area contributed by atoms with Crippen LogP contribution in [0.25, 0.3) is 0 Å². The van der Waals surface area contributed by atoms with Crippen LogP contribution in [0.1, 0.15) is 24.0 Å². The maximum atomic E-state index is 12.6. The van der Waals surface area contributed by atoms with Gasteiger partial charge >= 0.3 is 0 Å². The van der Waals surface area contributed by atoms with E-state index in [1.807, 2.05) is 55.5 Å². The third-order valence-corrected chi connectivity index (χ3v) is 4.67. The lowest BCUT2D eigenvalue weighted by atomic mass is 9.90. The smallest absolute Gasteiger partial charge is 0.244 e. The quantitative estimate of drug-likeness (QED) is 0.877. The molecule has 0 atom stereocenters. The van der Waals surface area contributed by atoms with Gasteiger partial charge in [-0.25, -0.2) is 0 Å². The minimum absolute atomic E-state index is 0.153. The third kappa shape index (κ3) is 4.18. The van der Waals surface area contributed by atoms with Crippen LogP contribution in [0.3, 0.4) is 0 Å². The van der Waals surface area contributed by atoms with Gasteiger partial charge in [0.2, 0.25) is 5.91 Å². The van der Waals surface area contributed by atoms with Crippen LogP contribution in [-0.2, 0) is 16.1 Å².